The Morgan fingerprint density at radius 2 is 1.07 bits per heavy atom. The first-order valence-corrected chi connectivity index (χ1v) is 14.7. The molecule has 3 aromatic carbocycles. The smallest absolute Gasteiger partial charge is 0.251 e. The van der Waals surface area contributed by atoms with E-state index in [2.05, 4.69) is 5.32 Å². The summed E-state index contributed by atoms with van der Waals surface area (Å²) in [6.07, 6.45) is 6.71. The van der Waals surface area contributed by atoms with Crippen molar-refractivity contribution in [3.05, 3.63) is 48.0 Å². The summed E-state index contributed by atoms with van der Waals surface area (Å²) in [4.78, 5) is 23.4. The fourth-order valence-corrected chi connectivity index (χ4v) is 5.73. The Labute approximate surface area is 257 Å². The van der Waals surface area contributed by atoms with Crippen LogP contribution in [0.15, 0.2) is 42.5 Å². The second-order valence-electron chi connectivity index (χ2n) is 10.6. The number of methoxy groups -OCH3 is 6. The third kappa shape index (κ3) is 6.15. The molecule has 10 heteroatoms. The van der Waals surface area contributed by atoms with Crippen LogP contribution in [0.25, 0.3) is 33.5 Å². The lowest BCUT2D eigenvalue weighted by Gasteiger charge is -2.18. The molecule has 1 aromatic heterocycles. The molecule has 232 valence electrons. The number of nitrogens with zero attached hydrogens (tertiary/aromatic N) is 2. The Hall–Kier alpha value is -4.73. The number of hydrogen-bond acceptors (Lipinski definition) is 9. The van der Waals surface area contributed by atoms with E-state index in [1.54, 1.807) is 54.8 Å². The molecule has 1 aliphatic carbocycles. The molecule has 1 amide bonds. The topological polar surface area (TPSA) is 110 Å². The van der Waals surface area contributed by atoms with Crippen molar-refractivity contribution in [3.63, 3.8) is 0 Å². The number of carbonyl (C=O) groups is 1. The summed E-state index contributed by atoms with van der Waals surface area (Å²) in [6.45, 7) is 0. The fourth-order valence-electron chi connectivity index (χ4n) is 5.73. The van der Waals surface area contributed by atoms with Crippen molar-refractivity contribution >= 4 is 16.9 Å². The largest absolute Gasteiger partial charge is 0.493 e. The van der Waals surface area contributed by atoms with Crippen LogP contribution in [0.2, 0.25) is 0 Å². The average molecular weight is 602 g/mol. The van der Waals surface area contributed by atoms with Crippen molar-refractivity contribution in [2.45, 2.75) is 44.6 Å². The SMILES string of the molecule is COc1cc(-c2nc3ccc(C(=O)NC4CCCCCC4)cc3nc2-c2cc(OC)c(OC)c(OC)c2)cc(OC)c1OC. The zero-order chi connectivity index (χ0) is 31.2. The van der Waals surface area contributed by atoms with Crippen molar-refractivity contribution < 1.29 is 33.2 Å². The average Bonchev–Trinajstić information content (AvgIpc) is 3.34. The van der Waals surface area contributed by atoms with Gasteiger partial charge in [-0.05, 0) is 55.3 Å². The van der Waals surface area contributed by atoms with Gasteiger partial charge >= 0.3 is 0 Å². The molecular formula is C34H39N3O7. The lowest BCUT2D eigenvalue weighted by molar-refractivity contribution is 0.0933. The molecule has 0 unspecified atom stereocenters. The molecular weight excluding hydrogens is 562 g/mol. The van der Waals surface area contributed by atoms with Gasteiger partial charge in [-0.2, -0.15) is 0 Å². The van der Waals surface area contributed by atoms with Crippen LogP contribution in [0, 0.1) is 0 Å². The first-order valence-electron chi connectivity index (χ1n) is 14.7. The Balaban J connectivity index is 1.69. The lowest BCUT2D eigenvalue weighted by atomic mass is 10.0. The molecule has 44 heavy (non-hydrogen) atoms. The maximum absolute atomic E-state index is 13.3. The highest BCUT2D eigenvalue weighted by Gasteiger charge is 2.23. The maximum Gasteiger partial charge on any atom is 0.251 e. The van der Waals surface area contributed by atoms with E-state index in [-0.39, 0.29) is 11.9 Å². The Morgan fingerprint density at radius 1 is 0.614 bits per heavy atom. The van der Waals surface area contributed by atoms with Gasteiger partial charge in [-0.3, -0.25) is 4.79 Å². The molecule has 10 nitrogen and oxygen atoms in total. The van der Waals surface area contributed by atoms with Gasteiger partial charge < -0.3 is 33.7 Å². The minimum Gasteiger partial charge on any atom is -0.493 e. The Kier molecular flexibility index (Phi) is 9.57. The number of nitrogens with one attached hydrogen (secondary N) is 1. The van der Waals surface area contributed by atoms with Gasteiger partial charge in [0.15, 0.2) is 23.0 Å². The molecule has 1 aliphatic rings. The van der Waals surface area contributed by atoms with Gasteiger partial charge in [-0.15, -0.1) is 0 Å². The molecule has 4 aromatic rings. The molecule has 0 saturated heterocycles. The summed E-state index contributed by atoms with van der Waals surface area (Å²) < 4.78 is 33.7. The second kappa shape index (κ2) is 13.7. The van der Waals surface area contributed by atoms with Crippen molar-refractivity contribution in [3.8, 4) is 57.0 Å². The molecule has 0 aliphatic heterocycles. The quantitative estimate of drug-likeness (QED) is 0.205. The van der Waals surface area contributed by atoms with Crippen LogP contribution in [0.5, 0.6) is 34.5 Å². The maximum atomic E-state index is 13.3. The van der Waals surface area contributed by atoms with Crippen LogP contribution < -0.4 is 33.7 Å². The number of aromatic nitrogens is 2. The third-order valence-electron chi connectivity index (χ3n) is 7.99. The van der Waals surface area contributed by atoms with Crippen molar-refractivity contribution in [2.75, 3.05) is 42.7 Å². The van der Waals surface area contributed by atoms with E-state index in [9.17, 15) is 4.79 Å². The van der Waals surface area contributed by atoms with Crippen molar-refractivity contribution in [2.24, 2.45) is 0 Å². The zero-order valence-corrected chi connectivity index (χ0v) is 26.1. The minimum atomic E-state index is -0.108. The normalized spacial score (nSPS) is 13.6. The van der Waals surface area contributed by atoms with E-state index in [1.807, 2.05) is 30.3 Å². The summed E-state index contributed by atoms with van der Waals surface area (Å²) in [5.41, 5.74) is 4.18. The molecule has 0 bridgehead atoms. The van der Waals surface area contributed by atoms with Crippen molar-refractivity contribution in [1.29, 1.82) is 0 Å². The summed E-state index contributed by atoms with van der Waals surface area (Å²) in [5.74, 6) is 2.71. The van der Waals surface area contributed by atoms with Gasteiger partial charge in [0.2, 0.25) is 11.5 Å². The molecule has 1 N–H and O–H groups in total. The summed E-state index contributed by atoms with van der Waals surface area (Å²) in [7, 11) is 9.36. The molecule has 1 heterocycles. The third-order valence-corrected chi connectivity index (χ3v) is 7.99. The second-order valence-corrected chi connectivity index (χ2v) is 10.6. The van der Waals surface area contributed by atoms with E-state index in [0.717, 1.165) is 25.7 Å². The number of benzene rings is 3. The van der Waals surface area contributed by atoms with Crippen LogP contribution in [0.3, 0.4) is 0 Å². The van der Waals surface area contributed by atoms with E-state index >= 15 is 0 Å². The number of amides is 1. The van der Waals surface area contributed by atoms with Gasteiger partial charge in [0, 0.05) is 22.7 Å². The van der Waals surface area contributed by atoms with Gasteiger partial charge in [0.25, 0.3) is 5.91 Å². The lowest BCUT2D eigenvalue weighted by Crippen LogP contribution is -2.34. The number of hydrogen-bond donors (Lipinski definition) is 1. The standard InChI is InChI=1S/C34H39N3O7/c1-39-26-16-21(17-27(40-2)32(26)43-5)30-31(22-18-28(41-3)33(44-6)29(19-22)42-4)37-25-15-20(13-14-24(25)36-30)34(38)35-23-11-9-7-8-10-12-23/h13-19,23H,7-12H2,1-6H3,(H,35,38). The Bertz CT molecular complexity index is 1600. The predicted molar refractivity (Wildman–Crippen MR) is 169 cm³/mol. The fraction of sp³-hybridized carbons (Fsp3) is 0.382. The minimum absolute atomic E-state index is 0.108. The molecule has 5 rings (SSSR count). The van der Waals surface area contributed by atoms with E-state index in [1.165, 1.54) is 12.8 Å². The molecule has 1 saturated carbocycles. The van der Waals surface area contributed by atoms with Crippen LogP contribution in [-0.2, 0) is 0 Å². The highest BCUT2D eigenvalue weighted by molar-refractivity contribution is 5.98. The van der Waals surface area contributed by atoms with Crippen molar-refractivity contribution in [1.82, 2.24) is 15.3 Å². The molecule has 0 atom stereocenters. The van der Waals surface area contributed by atoms with Gasteiger partial charge in [-0.25, -0.2) is 9.97 Å². The number of ether oxygens (including phenoxy) is 6. The predicted octanol–water partition coefficient (Wildman–Crippen LogP) is 6.47. The monoisotopic (exact) mass is 601 g/mol. The molecule has 0 radical (unpaired) electrons. The van der Waals surface area contributed by atoms with Gasteiger partial charge in [0.05, 0.1) is 65.1 Å². The Morgan fingerprint density at radius 3 is 1.50 bits per heavy atom. The highest BCUT2D eigenvalue weighted by atomic mass is 16.5. The van der Waals surface area contributed by atoms with E-state index < -0.39 is 0 Å². The highest BCUT2D eigenvalue weighted by Crippen LogP contribution is 2.45. The summed E-state index contributed by atoms with van der Waals surface area (Å²) in [6, 6.07) is 12.9. The van der Waals surface area contributed by atoms with Gasteiger partial charge in [-0.1, -0.05) is 25.7 Å². The number of fused-ring (bicyclic) bond motifs is 1. The van der Waals surface area contributed by atoms with Crippen LogP contribution in [-0.4, -0.2) is 64.6 Å². The number of carbonyl (C=O) groups excluding carboxylic acids is 1. The van der Waals surface area contributed by atoms with E-state index in [0.29, 0.717) is 73.6 Å². The molecule has 0 spiro atoms. The van der Waals surface area contributed by atoms with E-state index in [4.69, 9.17) is 38.4 Å². The van der Waals surface area contributed by atoms with Crippen LogP contribution in [0.1, 0.15) is 48.9 Å². The molecule has 1 fully saturated rings. The summed E-state index contributed by atoms with van der Waals surface area (Å²) >= 11 is 0. The first-order chi connectivity index (χ1) is 21.4. The first kappa shape index (κ1) is 30.7. The van der Waals surface area contributed by atoms with Gasteiger partial charge in [0.1, 0.15) is 0 Å². The zero-order valence-electron chi connectivity index (χ0n) is 26.1. The number of rotatable bonds is 10. The summed E-state index contributed by atoms with van der Waals surface area (Å²) in [5, 5.41) is 3.23. The van der Waals surface area contributed by atoms with Crippen LogP contribution >= 0.6 is 0 Å². The van der Waals surface area contributed by atoms with Crippen LogP contribution in [0.4, 0.5) is 0 Å².